The molecule has 2 aromatic rings. The zero-order chi connectivity index (χ0) is 13.5. The molecular formula is C12H14ClN5O. The molecule has 0 aliphatic carbocycles. The van der Waals surface area contributed by atoms with Crippen molar-refractivity contribution in [3.63, 3.8) is 0 Å². The Bertz CT molecular complexity index is 586. The van der Waals surface area contributed by atoms with E-state index in [1.165, 1.54) is 0 Å². The Morgan fingerprint density at radius 1 is 1.42 bits per heavy atom. The van der Waals surface area contributed by atoms with Gasteiger partial charge in [-0.1, -0.05) is 11.6 Å². The van der Waals surface area contributed by atoms with E-state index in [9.17, 15) is 0 Å². The van der Waals surface area contributed by atoms with Gasteiger partial charge in [0, 0.05) is 22.9 Å². The van der Waals surface area contributed by atoms with Crippen LogP contribution in [0.4, 0.5) is 5.69 Å². The molecular weight excluding hydrogens is 266 g/mol. The molecule has 0 spiro atoms. The molecule has 1 aromatic carbocycles. The average molecular weight is 280 g/mol. The number of aromatic nitrogens is 4. The first kappa shape index (κ1) is 12.4. The molecule has 7 heteroatoms. The van der Waals surface area contributed by atoms with Crippen LogP contribution in [0.2, 0.25) is 5.02 Å². The second-order valence-electron chi connectivity index (χ2n) is 4.99. The van der Waals surface area contributed by atoms with Crippen LogP contribution in [-0.2, 0) is 10.3 Å². The van der Waals surface area contributed by atoms with Crippen LogP contribution in [0.5, 0.6) is 0 Å². The summed E-state index contributed by atoms with van der Waals surface area (Å²) in [6, 6.07) is 5.31. The maximum absolute atomic E-state index is 6.03. The van der Waals surface area contributed by atoms with Crippen LogP contribution in [0, 0.1) is 0 Å². The molecule has 6 nitrogen and oxygen atoms in total. The minimum atomic E-state index is -0.226. The number of nitrogens with zero attached hydrogens (tertiary/aromatic N) is 4. The molecule has 0 amide bonds. The van der Waals surface area contributed by atoms with E-state index in [0.717, 1.165) is 12.0 Å². The summed E-state index contributed by atoms with van der Waals surface area (Å²) in [7, 11) is 0. The number of hydrogen-bond acceptors (Lipinski definition) is 5. The van der Waals surface area contributed by atoms with E-state index in [2.05, 4.69) is 22.4 Å². The van der Waals surface area contributed by atoms with Gasteiger partial charge in [-0.15, -0.1) is 5.10 Å². The molecule has 2 N–H and O–H groups in total. The first-order chi connectivity index (χ1) is 9.08. The van der Waals surface area contributed by atoms with Crippen LogP contribution in [0.15, 0.2) is 18.2 Å². The highest BCUT2D eigenvalue weighted by atomic mass is 35.5. The third-order valence-electron chi connectivity index (χ3n) is 3.36. The SMILES string of the molecule is CC1(n2nnnc2-c2cc(N)cc(Cl)c2)CCOC1. The number of tetrazole rings is 1. The first-order valence-electron chi connectivity index (χ1n) is 6.01. The van der Waals surface area contributed by atoms with E-state index in [1.807, 2.05) is 6.07 Å². The van der Waals surface area contributed by atoms with Crippen molar-refractivity contribution in [2.24, 2.45) is 0 Å². The highest BCUT2D eigenvalue weighted by Crippen LogP contribution is 2.31. The van der Waals surface area contributed by atoms with Crippen molar-refractivity contribution in [3.8, 4) is 11.4 Å². The zero-order valence-electron chi connectivity index (χ0n) is 10.5. The van der Waals surface area contributed by atoms with Crippen molar-refractivity contribution in [1.29, 1.82) is 0 Å². The molecule has 0 radical (unpaired) electrons. The first-order valence-corrected chi connectivity index (χ1v) is 6.39. The van der Waals surface area contributed by atoms with Crippen LogP contribution in [0.3, 0.4) is 0 Å². The van der Waals surface area contributed by atoms with Gasteiger partial charge in [-0.05, 0) is 42.0 Å². The highest BCUT2D eigenvalue weighted by Gasteiger charge is 2.35. The van der Waals surface area contributed by atoms with Gasteiger partial charge >= 0.3 is 0 Å². The summed E-state index contributed by atoms with van der Waals surface area (Å²) in [5.74, 6) is 0.655. The van der Waals surface area contributed by atoms with Gasteiger partial charge in [0.25, 0.3) is 0 Å². The van der Waals surface area contributed by atoms with Gasteiger partial charge in [0.15, 0.2) is 5.82 Å². The van der Waals surface area contributed by atoms with Crippen LogP contribution >= 0.6 is 11.6 Å². The molecule has 0 bridgehead atoms. The van der Waals surface area contributed by atoms with Gasteiger partial charge in [-0.2, -0.15) is 0 Å². The van der Waals surface area contributed by atoms with Crippen LogP contribution in [0.25, 0.3) is 11.4 Å². The number of nitrogens with two attached hydrogens (primary N) is 1. The quantitative estimate of drug-likeness (QED) is 0.847. The maximum atomic E-state index is 6.03. The maximum Gasteiger partial charge on any atom is 0.182 e. The van der Waals surface area contributed by atoms with Gasteiger partial charge in [0.2, 0.25) is 0 Å². The van der Waals surface area contributed by atoms with Crippen molar-refractivity contribution in [3.05, 3.63) is 23.2 Å². The fraction of sp³-hybridized carbons (Fsp3) is 0.417. The number of anilines is 1. The summed E-state index contributed by atoms with van der Waals surface area (Å²) < 4.78 is 7.25. The second-order valence-corrected chi connectivity index (χ2v) is 5.42. The highest BCUT2D eigenvalue weighted by molar-refractivity contribution is 6.31. The average Bonchev–Trinajstić information content (AvgIpc) is 2.96. The third-order valence-corrected chi connectivity index (χ3v) is 3.58. The Morgan fingerprint density at radius 3 is 2.95 bits per heavy atom. The molecule has 3 rings (SSSR count). The van der Waals surface area contributed by atoms with Gasteiger partial charge in [-0.25, -0.2) is 4.68 Å². The molecule has 1 fully saturated rings. The summed E-state index contributed by atoms with van der Waals surface area (Å²) >= 11 is 6.03. The number of nitrogen functional groups attached to an aromatic ring is 1. The lowest BCUT2D eigenvalue weighted by Crippen LogP contribution is -2.32. The van der Waals surface area contributed by atoms with Crippen LogP contribution in [0.1, 0.15) is 13.3 Å². The molecule has 1 aromatic heterocycles. The number of ether oxygens (including phenoxy) is 1. The molecule has 1 aliphatic heterocycles. The predicted octanol–water partition coefficient (Wildman–Crippen LogP) is 1.71. The fourth-order valence-electron chi connectivity index (χ4n) is 2.30. The zero-order valence-corrected chi connectivity index (χ0v) is 11.3. The van der Waals surface area contributed by atoms with Crippen LogP contribution in [-0.4, -0.2) is 33.4 Å². The van der Waals surface area contributed by atoms with Crippen molar-refractivity contribution >= 4 is 17.3 Å². The summed E-state index contributed by atoms with van der Waals surface area (Å²) in [4.78, 5) is 0. The van der Waals surface area contributed by atoms with Gasteiger partial charge in [0.05, 0.1) is 12.1 Å². The topological polar surface area (TPSA) is 78.9 Å². The Labute approximate surface area is 115 Å². The van der Waals surface area contributed by atoms with E-state index in [4.69, 9.17) is 22.1 Å². The third kappa shape index (κ3) is 2.17. The number of rotatable bonds is 2. The number of halogens is 1. The lowest BCUT2D eigenvalue weighted by atomic mass is 10.0. The summed E-state index contributed by atoms with van der Waals surface area (Å²) in [5, 5.41) is 12.5. The smallest absolute Gasteiger partial charge is 0.182 e. The van der Waals surface area contributed by atoms with E-state index in [1.54, 1.807) is 16.8 Å². The standard InChI is InChI=1S/C12H14ClN5O/c1-12(2-3-19-7-12)18-11(15-16-17-18)8-4-9(13)6-10(14)5-8/h4-6H,2-3,7,14H2,1H3. The lowest BCUT2D eigenvalue weighted by Gasteiger charge is -2.23. The lowest BCUT2D eigenvalue weighted by molar-refractivity contribution is 0.155. The van der Waals surface area contributed by atoms with E-state index >= 15 is 0 Å². The van der Waals surface area contributed by atoms with Gasteiger partial charge in [0.1, 0.15) is 0 Å². The Hall–Kier alpha value is -1.66. The van der Waals surface area contributed by atoms with E-state index < -0.39 is 0 Å². The molecule has 19 heavy (non-hydrogen) atoms. The molecule has 1 aliphatic rings. The number of hydrogen-bond donors (Lipinski definition) is 1. The fourth-order valence-corrected chi connectivity index (χ4v) is 2.54. The van der Waals surface area contributed by atoms with E-state index in [-0.39, 0.29) is 5.54 Å². The molecule has 2 heterocycles. The normalized spacial score (nSPS) is 22.8. The van der Waals surface area contributed by atoms with Crippen molar-refractivity contribution < 1.29 is 4.74 Å². The molecule has 0 saturated carbocycles. The minimum Gasteiger partial charge on any atom is -0.399 e. The summed E-state index contributed by atoms with van der Waals surface area (Å²) in [5.41, 5.74) is 6.99. The van der Waals surface area contributed by atoms with Crippen molar-refractivity contribution in [1.82, 2.24) is 20.2 Å². The molecule has 100 valence electrons. The van der Waals surface area contributed by atoms with Crippen molar-refractivity contribution in [2.45, 2.75) is 18.9 Å². The van der Waals surface area contributed by atoms with Gasteiger partial charge < -0.3 is 10.5 Å². The number of benzene rings is 1. The van der Waals surface area contributed by atoms with E-state index in [0.29, 0.717) is 29.7 Å². The monoisotopic (exact) mass is 279 g/mol. The second kappa shape index (κ2) is 4.47. The van der Waals surface area contributed by atoms with Gasteiger partial charge in [-0.3, -0.25) is 0 Å². The summed E-state index contributed by atoms with van der Waals surface area (Å²) in [6.07, 6.45) is 0.876. The Morgan fingerprint density at radius 2 is 2.26 bits per heavy atom. The molecule has 1 saturated heterocycles. The molecule has 1 unspecified atom stereocenters. The van der Waals surface area contributed by atoms with Crippen molar-refractivity contribution in [2.75, 3.05) is 18.9 Å². The molecule has 1 atom stereocenters. The summed E-state index contributed by atoms with van der Waals surface area (Å²) in [6.45, 7) is 3.39. The Balaban J connectivity index is 2.09. The minimum absolute atomic E-state index is 0.226. The predicted molar refractivity (Wildman–Crippen MR) is 71.8 cm³/mol. The largest absolute Gasteiger partial charge is 0.399 e. The Kier molecular flexibility index (Phi) is 2.91. The van der Waals surface area contributed by atoms with Crippen LogP contribution < -0.4 is 5.73 Å².